The number of ether oxygens (including phenoxy) is 1. The number of carbonyl (C=O) groups is 2. The summed E-state index contributed by atoms with van der Waals surface area (Å²) in [5.41, 5.74) is -0.348. The summed E-state index contributed by atoms with van der Waals surface area (Å²) in [6, 6.07) is 0. The van der Waals surface area contributed by atoms with E-state index in [0.29, 0.717) is 6.42 Å². The number of alkyl carbamates (subject to hydrolysis) is 1. The highest BCUT2D eigenvalue weighted by molar-refractivity contribution is 5.96. The Balaban J connectivity index is 1.99. The quantitative estimate of drug-likeness (QED) is 0.715. The van der Waals surface area contributed by atoms with Gasteiger partial charge in [0.1, 0.15) is 5.60 Å². The van der Waals surface area contributed by atoms with Crippen molar-refractivity contribution in [2.45, 2.75) is 38.9 Å². The van der Waals surface area contributed by atoms with Crippen molar-refractivity contribution in [3.63, 3.8) is 0 Å². The van der Waals surface area contributed by atoms with Crippen molar-refractivity contribution in [2.75, 3.05) is 0 Å². The van der Waals surface area contributed by atoms with E-state index in [2.05, 4.69) is 5.32 Å². The Bertz CT molecular complexity index is 394. The smallest absolute Gasteiger partial charge is 0.411 e. The highest BCUT2D eigenvalue weighted by Crippen LogP contribution is 2.46. The first-order valence-electron chi connectivity index (χ1n) is 5.71. The number of rotatable bonds is 1. The van der Waals surface area contributed by atoms with Crippen molar-refractivity contribution in [1.29, 1.82) is 0 Å². The van der Waals surface area contributed by atoms with Gasteiger partial charge >= 0.3 is 6.09 Å². The highest BCUT2D eigenvalue weighted by atomic mass is 16.6. The Hall–Kier alpha value is -1.36. The predicted octanol–water partition coefficient (Wildman–Crippen LogP) is 0.975. The van der Waals surface area contributed by atoms with Gasteiger partial charge in [-0.25, -0.2) is 4.79 Å². The molecule has 0 saturated heterocycles. The maximum absolute atomic E-state index is 11.5. The van der Waals surface area contributed by atoms with Crippen molar-refractivity contribution in [1.82, 2.24) is 5.32 Å². The number of hydrogen-bond acceptors (Lipinski definition) is 4. The van der Waals surface area contributed by atoms with E-state index in [1.165, 1.54) is 6.08 Å². The maximum atomic E-state index is 11.5. The number of fused-ring (bicyclic) bond motifs is 1. The lowest BCUT2D eigenvalue weighted by Gasteiger charge is -2.23. The molecule has 0 spiro atoms. The van der Waals surface area contributed by atoms with E-state index in [0.717, 1.165) is 0 Å². The topological polar surface area (TPSA) is 75.6 Å². The molecular formula is C12H17NO4. The number of aliphatic hydroxyl groups is 1. The van der Waals surface area contributed by atoms with E-state index in [1.54, 1.807) is 20.8 Å². The zero-order valence-electron chi connectivity index (χ0n) is 10.2. The third-order valence-electron chi connectivity index (χ3n) is 2.87. The Morgan fingerprint density at radius 3 is 2.76 bits per heavy atom. The summed E-state index contributed by atoms with van der Waals surface area (Å²) in [4.78, 5) is 23.0. The molecule has 0 bridgehead atoms. The third-order valence-corrected chi connectivity index (χ3v) is 2.87. The van der Waals surface area contributed by atoms with Crippen LogP contribution in [-0.4, -0.2) is 28.7 Å². The van der Waals surface area contributed by atoms with E-state index < -0.39 is 17.8 Å². The van der Waals surface area contributed by atoms with Crippen LogP contribution in [0.25, 0.3) is 0 Å². The fourth-order valence-electron chi connectivity index (χ4n) is 2.00. The molecule has 0 aromatic carbocycles. The van der Waals surface area contributed by atoms with Crippen LogP contribution in [0.3, 0.4) is 0 Å². The van der Waals surface area contributed by atoms with Crippen molar-refractivity contribution >= 4 is 11.9 Å². The van der Waals surface area contributed by atoms with Crippen molar-refractivity contribution in [2.24, 2.45) is 11.8 Å². The summed E-state index contributed by atoms with van der Waals surface area (Å²) in [5, 5.41) is 12.3. The van der Waals surface area contributed by atoms with Crippen LogP contribution in [0.2, 0.25) is 0 Å². The molecule has 0 radical (unpaired) electrons. The van der Waals surface area contributed by atoms with Gasteiger partial charge in [-0.3, -0.25) is 10.1 Å². The minimum atomic E-state index is -0.759. The Morgan fingerprint density at radius 2 is 2.18 bits per heavy atom. The molecule has 1 amide bonds. The molecule has 2 N–H and O–H groups in total. The van der Waals surface area contributed by atoms with Gasteiger partial charge in [0.05, 0.1) is 11.8 Å². The Kier molecular flexibility index (Phi) is 2.73. The van der Waals surface area contributed by atoms with Crippen molar-refractivity contribution in [3.8, 4) is 0 Å². The molecule has 5 nitrogen and oxygen atoms in total. The van der Waals surface area contributed by atoms with E-state index >= 15 is 0 Å². The average molecular weight is 239 g/mol. The summed E-state index contributed by atoms with van der Waals surface area (Å²) < 4.78 is 5.06. The number of ketones is 1. The minimum Gasteiger partial charge on any atom is -0.444 e. The molecule has 94 valence electrons. The fourth-order valence-corrected chi connectivity index (χ4v) is 2.00. The number of hydrogen-bond donors (Lipinski definition) is 2. The summed E-state index contributed by atoms with van der Waals surface area (Å²) in [7, 11) is 0. The number of amides is 1. The first-order chi connectivity index (χ1) is 7.78. The first kappa shape index (κ1) is 12.1. The molecule has 1 saturated carbocycles. The molecule has 0 aromatic heterocycles. The van der Waals surface area contributed by atoms with Crippen LogP contribution >= 0.6 is 0 Å². The molecule has 0 heterocycles. The lowest BCUT2D eigenvalue weighted by molar-refractivity contribution is -0.116. The number of carbonyl (C=O) groups excluding carboxylic acids is 2. The van der Waals surface area contributed by atoms with E-state index in [9.17, 15) is 14.7 Å². The summed E-state index contributed by atoms with van der Waals surface area (Å²) in [6.45, 7) is 5.25. The molecule has 2 aliphatic carbocycles. The van der Waals surface area contributed by atoms with E-state index in [-0.39, 0.29) is 23.3 Å². The monoisotopic (exact) mass is 239 g/mol. The van der Waals surface area contributed by atoms with Gasteiger partial charge < -0.3 is 9.84 Å². The SMILES string of the molecule is CC(C)(C)OC(=O)NC1=CC(=O)[C@H]2C[C@H]2[C@H]1O. The van der Waals surface area contributed by atoms with Crippen LogP contribution in [0.4, 0.5) is 4.79 Å². The lowest BCUT2D eigenvalue weighted by Crippen LogP contribution is -2.38. The summed E-state index contributed by atoms with van der Waals surface area (Å²) in [6.07, 6.45) is 0.610. The summed E-state index contributed by atoms with van der Waals surface area (Å²) in [5.74, 6) is -0.0991. The molecular weight excluding hydrogens is 222 g/mol. The first-order valence-corrected chi connectivity index (χ1v) is 5.71. The maximum Gasteiger partial charge on any atom is 0.411 e. The largest absolute Gasteiger partial charge is 0.444 e. The van der Waals surface area contributed by atoms with Gasteiger partial charge in [0.15, 0.2) is 5.78 Å². The van der Waals surface area contributed by atoms with Crippen LogP contribution in [0.5, 0.6) is 0 Å². The molecule has 2 rings (SSSR count). The average Bonchev–Trinajstić information content (AvgIpc) is 2.90. The summed E-state index contributed by atoms with van der Waals surface area (Å²) >= 11 is 0. The molecule has 3 atom stereocenters. The number of allylic oxidation sites excluding steroid dienone is 1. The standard InChI is InChI=1S/C12H17NO4/c1-12(2,3)17-11(16)13-8-5-9(14)6-4-7(6)10(8)15/h5-7,10,15H,4H2,1-3H3,(H,13,16)/t6-,7+,10+/m0/s1. The molecule has 1 fully saturated rings. The molecule has 0 unspecified atom stereocenters. The third kappa shape index (κ3) is 2.66. The van der Waals surface area contributed by atoms with E-state index in [1.807, 2.05) is 0 Å². The van der Waals surface area contributed by atoms with Gasteiger partial charge in [-0.2, -0.15) is 0 Å². The fraction of sp³-hybridized carbons (Fsp3) is 0.667. The highest BCUT2D eigenvalue weighted by Gasteiger charge is 2.51. The molecule has 0 aliphatic heterocycles. The van der Waals surface area contributed by atoms with Crippen LogP contribution in [-0.2, 0) is 9.53 Å². The Morgan fingerprint density at radius 1 is 1.53 bits per heavy atom. The molecule has 17 heavy (non-hydrogen) atoms. The second-order valence-electron chi connectivity index (χ2n) is 5.58. The van der Waals surface area contributed by atoms with Crippen LogP contribution in [0.1, 0.15) is 27.2 Å². The molecule has 0 aromatic rings. The number of aliphatic hydroxyl groups excluding tert-OH is 1. The van der Waals surface area contributed by atoms with E-state index in [4.69, 9.17) is 4.74 Å². The normalized spacial score (nSPS) is 31.4. The zero-order chi connectivity index (χ0) is 12.8. The van der Waals surface area contributed by atoms with Gasteiger partial charge in [0.25, 0.3) is 0 Å². The van der Waals surface area contributed by atoms with Gasteiger partial charge in [-0.15, -0.1) is 0 Å². The van der Waals surface area contributed by atoms with Gasteiger partial charge in [0.2, 0.25) is 0 Å². The van der Waals surface area contributed by atoms with Crippen LogP contribution in [0.15, 0.2) is 11.8 Å². The predicted molar refractivity (Wildman–Crippen MR) is 60.1 cm³/mol. The van der Waals surface area contributed by atoms with Crippen molar-refractivity contribution in [3.05, 3.63) is 11.8 Å². The lowest BCUT2D eigenvalue weighted by atomic mass is 10.0. The van der Waals surface area contributed by atoms with Gasteiger partial charge in [-0.05, 0) is 27.2 Å². The molecule has 2 aliphatic rings. The second kappa shape index (κ2) is 3.84. The zero-order valence-corrected chi connectivity index (χ0v) is 10.2. The Labute approximate surface area is 99.8 Å². The molecule has 5 heteroatoms. The number of nitrogens with one attached hydrogen (secondary N) is 1. The van der Waals surface area contributed by atoms with Crippen LogP contribution < -0.4 is 5.32 Å². The van der Waals surface area contributed by atoms with Gasteiger partial charge in [0, 0.05) is 17.9 Å². The van der Waals surface area contributed by atoms with Crippen molar-refractivity contribution < 1.29 is 19.4 Å². The van der Waals surface area contributed by atoms with Crippen LogP contribution in [0, 0.1) is 11.8 Å². The van der Waals surface area contributed by atoms with Gasteiger partial charge in [-0.1, -0.05) is 0 Å². The second-order valence-corrected chi connectivity index (χ2v) is 5.58. The minimum absolute atomic E-state index is 0.0219.